The number of pyridine rings is 1. The molecule has 1 heterocycles. The molecule has 0 aliphatic heterocycles. The Balaban J connectivity index is 1.98. The van der Waals surface area contributed by atoms with E-state index in [4.69, 9.17) is 9.84 Å². The van der Waals surface area contributed by atoms with E-state index >= 15 is 0 Å². The fraction of sp³-hybridized carbons (Fsp3) is 0.350. The van der Waals surface area contributed by atoms with E-state index in [-0.39, 0.29) is 24.3 Å². The van der Waals surface area contributed by atoms with Crippen LogP contribution >= 0.6 is 0 Å². The smallest absolute Gasteiger partial charge is 0.303 e. The molecule has 2 rings (SSSR count). The summed E-state index contributed by atoms with van der Waals surface area (Å²) in [6, 6.07) is 9.01. The first-order valence-electron chi connectivity index (χ1n) is 8.70. The second kappa shape index (κ2) is 9.56. The third kappa shape index (κ3) is 5.88. The topological polar surface area (TPSA) is 96.7 Å². The molecule has 2 aromatic rings. The van der Waals surface area contributed by atoms with Crippen molar-refractivity contribution in [1.82, 2.24) is 4.98 Å². The van der Waals surface area contributed by atoms with Crippen LogP contribution in [-0.2, 0) is 11.2 Å². The lowest BCUT2D eigenvalue weighted by Crippen LogP contribution is -2.06. The number of hydrogen-bond donors (Lipinski definition) is 2. The highest BCUT2D eigenvalue weighted by atomic mass is 16.5. The molecule has 0 aliphatic rings. The van der Waals surface area contributed by atoms with Crippen molar-refractivity contribution in [2.24, 2.45) is 0 Å². The van der Waals surface area contributed by atoms with Gasteiger partial charge >= 0.3 is 5.97 Å². The van der Waals surface area contributed by atoms with E-state index in [1.54, 1.807) is 0 Å². The number of aliphatic carboxylic acids is 1. The molecule has 1 aromatic heterocycles. The second-order valence-electron chi connectivity index (χ2n) is 6.06. The highest BCUT2D eigenvalue weighted by molar-refractivity contribution is 5.98. The van der Waals surface area contributed by atoms with Gasteiger partial charge in [-0.1, -0.05) is 31.9 Å². The first-order chi connectivity index (χ1) is 12.5. The van der Waals surface area contributed by atoms with Gasteiger partial charge in [-0.25, -0.2) is 4.98 Å². The summed E-state index contributed by atoms with van der Waals surface area (Å²) in [5.74, 6) is -1.01. The number of ether oxygens (including phenoxy) is 1. The first kappa shape index (κ1) is 19.4. The van der Waals surface area contributed by atoms with Gasteiger partial charge in [0, 0.05) is 12.5 Å². The largest absolute Gasteiger partial charge is 0.505 e. The third-order valence-electron chi connectivity index (χ3n) is 3.90. The molecule has 0 radical (unpaired) electrons. The standard InChI is InChI=1S/C20H23NO5/c1-2-3-4-5-14-6-8-15(9-7-14)26-16-12-18(23)20(21-13-16)17(22)10-11-19(24)25/h6-9,12-13,23H,2-5,10-11H2,1H3,(H,24,25). The SMILES string of the molecule is CCCCCc1ccc(Oc2cnc(C(=O)CCC(=O)O)c(O)c2)cc1. The number of benzene rings is 1. The lowest BCUT2D eigenvalue weighted by molar-refractivity contribution is -0.136. The highest BCUT2D eigenvalue weighted by Crippen LogP contribution is 2.27. The normalized spacial score (nSPS) is 10.5. The van der Waals surface area contributed by atoms with Crippen LogP contribution in [-0.4, -0.2) is 26.9 Å². The van der Waals surface area contributed by atoms with Crippen LogP contribution in [0.3, 0.4) is 0 Å². The highest BCUT2D eigenvalue weighted by Gasteiger charge is 2.15. The number of Topliss-reactive ketones (excluding diaryl/α,β-unsaturated/α-hetero) is 1. The summed E-state index contributed by atoms with van der Waals surface area (Å²) in [5.41, 5.74) is 1.09. The molecule has 0 unspecified atom stereocenters. The third-order valence-corrected chi connectivity index (χ3v) is 3.90. The Kier molecular flexibility index (Phi) is 7.14. The van der Waals surface area contributed by atoms with E-state index in [9.17, 15) is 14.7 Å². The predicted octanol–water partition coefficient (Wildman–Crippen LogP) is 4.36. The van der Waals surface area contributed by atoms with E-state index in [0.717, 1.165) is 12.8 Å². The molecule has 1 aromatic carbocycles. The van der Waals surface area contributed by atoms with Gasteiger partial charge in [0.25, 0.3) is 0 Å². The number of carboxylic acids is 1. The van der Waals surface area contributed by atoms with Crippen LogP contribution in [0.1, 0.15) is 55.1 Å². The number of carbonyl (C=O) groups excluding carboxylic acids is 1. The number of carbonyl (C=O) groups is 2. The summed E-state index contributed by atoms with van der Waals surface area (Å²) in [6.45, 7) is 2.17. The Morgan fingerprint density at radius 1 is 1.08 bits per heavy atom. The zero-order valence-electron chi connectivity index (χ0n) is 14.8. The van der Waals surface area contributed by atoms with Crippen molar-refractivity contribution in [3.05, 3.63) is 47.8 Å². The minimum atomic E-state index is -1.07. The summed E-state index contributed by atoms with van der Waals surface area (Å²) < 4.78 is 5.64. The van der Waals surface area contributed by atoms with Gasteiger partial charge in [-0.15, -0.1) is 0 Å². The maximum atomic E-state index is 11.9. The van der Waals surface area contributed by atoms with Crippen LogP contribution in [0.2, 0.25) is 0 Å². The van der Waals surface area contributed by atoms with Gasteiger partial charge in [0.1, 0.15) is 22.9 Å². The average Bonchev–Trinajstić information content (AvgIpc) is 2.61. The summed E-state index contributed by atoms with van der Waals surface area (Å²) in [6.07, 6.45) is 5.41. The minimum Gasteiger partial charge on any atom is -0.505 e. The quantitative estimate of drug-likeness (QED) is 0.484. The Labute approximate surface area is 152 Å². The zero-order valence-corrected chi connectivity index (χ0v) is 14.8. The van der Waals surface area contributed by atoms with Crippen LogP contribution in [0, 0.1) is 0 Å². The fourth-order valence-electron chi connectivity index (χ4n) is 2.48. The van der Waals surface area contributed by atoms with Crippen LogP contribution in [0.25, 0.3) is 0 Å². The molecule has 0 amide bonds. The van der Waals surface area contributed by atoms with Gasteiger partial charge in [-0.2, -0.15) is 0 Å². The Morgan fingerprint density at radius 2 is 1.81 bits per heavy atom. The molecule has 26 heavy (non-hydrogen) atoms. The first-order valence-corrected chi connectivity index (χ1v) is 8.70. The van der Waals surface area contributed by atoms with E-state index in [1.807, 2.05) is 24.3 Å². The van der Waals surface area contributed by atoms with Crippen molar-refractivity contribution in [3.63, 3.8) is 0 Å². The van der Waals surface area contributed by atoms with Crippen molar-refractivity contribution >= 4 is 11.8 Å². The molecule has 0 bridgehead atoms. The Morgan fingerprint density at radius 3 is 2.42 bits per heavy atom. The Hall–Kier alpha value is -2.89. The molecule has 0 saturated carbocycles. The number of rotatable bonds is 10. The molecular weight excluding hydrogens is 334 g/mol. The number of aromatic nitrogens is 1. The van der Waals surface area contributed by atoms with Gasteiger partial charge in [0.15, 0.2) is 5.78 Å². The van der Waals surface area contributed by atoms with Crippen molar-refractivity contribution in [1.29, 1.82) is 0 Å². The lowest BCUT2D eigenvalue weighted by atomic mass is 10.1. The number of nitrogens with zero attached hydrogens (tertiary/aromatic N) is 1. The predicted molar refractivity (Wildman–Crippen MR) is 96.8 cm³/mol. The van der Waals surface area contributed by atoms with Gasteiger partial charge < -0.3 is 14.9 Å². The average molecular weight is 357 g/mol. The van der Waals surface area contributed by atoms with E-state index < -0.39 is 11.8 Å². The fourth-order valence-corrected chi connectivity index (χ4v) is 2.48. The summed E-state index contributed by atoms with van der Waals surface area (Å²) in [4.78, 5) is 26.3. The molecule has 0 aliphatic carbocycles. The lowest BCUT2D eigenvalue weighted by Gasteiger charge is -2.08. The van der Waals surface area contributed by atoms with Crippen LogP contribution in [0.4, 0.5) is 0 Å². The van der Waals surface area contributed by atoms with Gasteiger partial charge in [0.05, 0.1) is 12.6 Å². The molecule has 2 N–H and O–H groups in total. The van der Waals surface area contributed by atoms with E-state index in [2.05, 4.69) is 11.9 Å². The van der Waals surface area contributed by atoms with Crippen LogP contribution in [0.15, 0.2) is 36.5 Å². The summed E-state index contributed by atoms with van der Waals surface area (Å²) in [7, 11) is 0. The van der Waals surface area contributed by atoms with Gasteiger partial charge in [0.2, 0.25) is 0 Å². The van der Waals surface area contributed by atoms with E-state index in [0.29, 0.717) is 11.5 Å². The van der Waals surface area contributed by atoms with Crippen molar-refractivity contribution in [3.8, 4) is 17.2 Å². The molecule has 138 valence electrons. The van der Waals surface area contributed by atoms with Gasteiger partial charge in [-0.05, 0) is 30.5 Å². The number of unbranched alkanes of at least 4 members (excludes halogenated alkanes) is 2. The molecule has 0 spiro atoms. The van der Waals surface area contributed by atoms with Gasteiger partial charge in [-0.3, -0.25) is 9.59 Å². The van der Waals surface area contributed by atoms with Crippen LogP contribution < -0.4 is 4.74 Å². The summed E-state index contributed by atoms with van der Waals surface area (Å²) in [5, 5.41) is 18.6. The van der Waals surface area contributed by atoms with Crippen LogP contribution in [0.5, 0.6) is 17.2 Å². The minimum absolute atomic E-state index is 0.148. The monoisotopic (exact) mass is 357 g/mol. The molecule has 0 atom stereocenters. The molecule has 0 saturated heterocycles. The molecular formula is C20H23NO5. The van der Waals surface area contributed by atoms with Crippen molar-refractivity contribution < 1.29 is 24.5 Å². The number of ketones is 1. The molecule has 0 fully saturated rings. The maximum Gasteiger partial charge on any atom is 0.303 e. The van der Waals surface area contributed by atoms with Crippen molar-refractivity contribution in [2.45, 2.75) is 45.4 Å². The Bertz CT molecular complexity index is 755. The second-order valence-corrected chi connectivity index (χ2v) is 6.06. The van der Waals surface area contributed by atoms with E-state index in [1.165, 1.54) is 30.7 Å². The number of carboxylic acid groups (broad SMARTS) is 1. The maximum absolute atomic E-state index is 11.9. The number of aryl methyl sites for hydroxylation is 1. The zero-order chi connectivity index (χ0) is 18.9. The summed E-state index contributed by atoms with van der Waals surface area (Å²) >= 11 is 0. The number of hydrogen-bond acceptors (Lipinski definition) is 5. The number of aromatic hydroxyl groups is 1. The molecule has 6 heteroatoms. The molecule has 6 nitrogen and oxygen atoms in total. The van der Waals surface area contributed by atoms with Crippen molar-refractivity contribution in [2.75, 3.05) is 0 Å².